The second-order valence-corrected chi connectivity index (χ2v) is 6.91. The highest BCUT2D eigenvalue weighted by Crippen LogP contribution is 2.17. The van der Waals surface area contributed by atoms with Gasteiger partial charge in [0.25, 0.3) is 0 Å². The van der Waals surface area contributed by atoms with Gasteiger partial charge >= 0.3 is 0 Å². The molecule has 1 unspecified atom stereocenters. The Hall–Kier alpha value is -0.540. The Labute approximate surface area is 126 Å². The van der Waals surface area contributed by atoms with E-state index in [-0.39, 0.29) is 5.54 Å². The zero-order chi connectivity index (χ0) is 14.3. The van der Waals surface area contributed by atoms with Crippen LogP contribution in [0.2, 0.25) is 0 Å². The molecule has 0 aliphatic carbocycles. The quantitative estimate of drug-likeness (QED) is 0.788. The van der Waals surface area contributed by atoms with E-state index in [1.165, 1.54) is 6.42 Å². The molecule has 1 atom stereocenters. The topological polar surface area (TPSA) is 21.3 Å². The molecule has 0 radical (unpaired) electrons. The number of halogens is 1. The molecule has 0 spiro atoms. The third kappa shape index (κ3) is 7.58. The van der Waals surface area contributed by atoms with Gasteiger partial charge in [0.2, 0.25) is 0 Å². The highest BCUT2D eigenvalue weighted by molar-refractivity contribution is 9.10. The molecule has 0 heterocycles. The maximum Gasteiger partial charge on any atom is 0.119 e. The molecule has 1 rings (SSSR count). The molecule has 0 saturated heterocycles. The smallest absolute Gasteiger partial charge is 0.119 e. The van der Waals surface area contributed by atoms with Gasteiger partial charge in [-0.05, 0) is 63.9 Å². The summed E-state index contributed by atoms with van der Waals surface area (Å²) in [5, 5.41) is 3.57. The highest BCUT2D eigenvalue weighted by Gasteiger charge is 2.13. The lowest BCUT2D eigenvalue weighted by atomic mass is 10.0. The molecule has 1 aromatic rings. The van der Waals surface area contributed by atoms with Gasteiger partial charge in [-0.3, -0.25) is 0 Å². The minimum absolute atomic E-state index is 0.194. The van der Waals surface area contributed by atoms with Gasteiger partial charge in [-0.1, -0.05) is 29.3 Å². The van der Waals surface area contributed by atoms with Gasteiger partial charge in [0.15, 0.2) is 0 Å². The molecular formula is C16H26BrNO. The summed E-state index contributed by atoms with van der Waals surface area (Å²) in [6.07, 6.45) is 2.28. The van der Waals surface area contributed by atoms with E-state index in [1.807, 2.05) is 24.3 Å². The maximum atomic E-state index is 5.78. The first-order valence-electron chi connectivity index (χ1n) is 7.04. The van der Waals surface area contributed by atoms with Gasteiger partial charge < -0.3 is 10.1 Å². The SMILES string of the molecule is CCC(CCOc1ccc(Br)cc1)CNC(C)(C)C. The van der Waals surface area contributed by atoms with Crippen molar-refractivity contribution < 1.29 is 4.74 Å². The molecule has 2 nitrogen and oxygen atoms in total. The molecule has 19 heavy (non-hydrogen) atoms. The van der Waals surface area contributed by atoms with Crippen molar-refractivity contribution in [2.24, 2.45) is 5.92 Å². The third-order valence-corrected chi connectivity index (χ3v) is 3.64. The molecule has 0 aliphatic rings. The third-order valence-electron chi connectivity index (χ3n) is 3.11. The monoisotopic (exact) mass is 327 g/mol. The zero-order valence-corrected chi connectivity index (χ0v) is 14.1. The molecule has 0 aliphatic heterocycles. The summed E-state index contributed by atoms with van der Waals surface area (Å²) in [6, 6.07) is 8.01. The molecule has 0 amide bonds. The molecule has 0 bridgehead atoms. The largest absolute Gasteiger partial charge is 0.494 e. The predicted octanol–water partition coefficient (Wildman–Crippen LogP) is 4.63. The van der Waals surface area contributed by atoms with Gasteiger partial charge in [-0.15, -0.1) is 0 Å². The molecule has 0 fully saturated rings. The Morgan fingerprint density at radius 3 is 2.37 bits per heavy atom. The van der Waals surface area contributed by atoms with E-state index in [2.05, 4.69) is 48.9 Å². The fraction of sp³-hybridized carbons (Fsp3) is 0.625. The van der Waals surface area contributed by atoms with Crippen molar-refractivity contribution in [1.82, 2.24) is 5.32 Å². The van der Waals surface area contributed by atoms with E-state index in [0.717, 1.165) is 29.8 Å². The molecule has 1 aromatic carbocycles. The van der Waals surface area contributed by atoms with Gasteiger partial charge in [-0.25, -0.2) is 0 Å². The number of ether oxygens (including phenoxy) is 1. The minimum Gasteiger partial charge on any atom is -0.494 e. The number of benzene rings is 1. The molecule has 108 valence electrons. The zero-order valence-electron chi connectivity index (χ0n) is 12.5. The van der Waals surface area contributed by atoms with Crippen LogP contribution in [0.25, 0.3) is 0 Å². The van der Waals surface area contributed by atoms with Crippen molar-refractivity contribution in [1.29, 1.82) is 0 Å². The van der Waals surface area contributed by atoms with Crippen molar-refractivity contribution in [3.05, 3.63) is 28.7 Å². The second kappa shape index (κ2) is 7.91. The average Bonchev–Trinajstić information content (AvgIpc) is 2.34. The first-order chi connectivity index (χ1) is 8.90. The summed E-state index contributed by atoms with van der Waals surface area (Å²) < 4.78 is 6.86. The van der Waals surface area contributed by atoms with Crippen LogP contribution in [0.5, 0.6) is 5.75 Å². The van der Waals surface area contributed by atoms with Crippen LogP contribution >= 0.6 is 15.9 Å². The van der Waals surface area contributed by atoms with Gasteiger partial charge in [0, 0.05) is 10.0 Å². The lowest BCUT2D eigenvalue weighted by Crippen LogP contribution is -2.39. The molecule has 1 N–H and O–H groups in total. The van der Waals surface area contributed by atoms with Crippen LogP contribution in [0.1, 0.15) is 40.5 Å². The summed E-state index contributed by atoms with van der Waals surface area (Å²) in [7, 11) is 0. The Morgan fingerprint density at radius 1 is 1.21 bits per heavy atom. The van der Waals surface area contributed by atoms with Crippen molar-refractivity contribution in [3.63, 3.8) is 0 Å². The number of nitrogens with one attached hydrogen (secondary N) is 1. The van der Waals surface area contributed by atoms with Crippen molar-refractivity contribution in [2.75, 3.05) is 13.2 Å². The van der Waals surface area contributed by atoms with Crippen LogP contribution in [0, 0.1) is 5.92 Å². The molecule has 3 heteroatoms. The minimum atomic E-state index is 0.194. The molecule has 0 saturated carbocycles. The fourth-order valence-electron chi connectivity index (χ4n) is 1.78. The normalized spacial score (nSPS) is 13.3. The number of rotatable bonds is 7. The van der Waals surface area contributed by atoms with E-state index >= 15 is 0 Å². The standard InChI is InChI=1S/C16H26BrNO/c1-5-13(12-18-16(2,3)4)10-11-19-15-8-6-14(17)7-9-15/h6-9,13,18H,5,10-12H2,1-4H3. The molecule has 0 aromatic heterocycles. The van der Waals surface area contributed by atoms with E-state index < -0.39 is 0 Å². The Balaban J connectivity index is 2.27. The first-order valence-corrected chi connectivity index (χ1v) is 7.83. The van der Waals surface area contributed by atoms with E-state index in [0.29, 0.717) is 5.92 Å². The van der Waals surface area contributed by atoms with E-state index in [1.54, 1.807) is 0 Å². The van der Waals surface area contributed by atoms with Crippen LogP contribution < -0.4 is 10.1 Å². The Morgan fingerprint density at radius 2 is 1.84 bits per heavy atom. The summed E-state index contributed by atoms with van der Waals surface area (Å²) >= 11 is 3.42. The number of hydrogen-bond acceptors (Lipinski definition) is 2. The predicted molar refractivity (Wildman–Crippen MR) is 85.8 cm³/mol. The number of hydrogen-bond donors (Lipinski definition) is 1. The van der Waals surface area contributed by atoms with Crippen LogP contribution in [-0.4, -0.2) is 18.7 Å². The fourth-order valence-corrected chi connectivity index (χ4v) is 2.04. The van der Waals surface area contributed by atoms with E-state index in [9.17, 15) is 0 Å². The van der Waals surface area contributed by atoms with Crippen LogP contribution in [0.3, 0.4) is 0 Å². The lowest BCUT2D eigenvalue weighted by molar-refractivity contribution is 0.261. The lowest BCUT2D eigenvalue weighted by Gasteiger charge is -2.24. The van der Waals surface area contributed by atoms with Crippen molar-refractivity contribution in [3.8, 4) is 5.75 Å². The van der Waals surface area contributed by atoms with Crippen LogP contribution in [0.4, 0.5) is 0 Å². The summed E-state index contributed by atoms with van der Waals surface area (Å²) in [4.78, 5) is 0. The van der Waals surface area contributed by atoms with E-state index in [4.69, 9.17) is 4.74 Å². The van der Waals surface area contributed by atoms with Crippen LogP contribution in [0.15, 0.2) is 28.7 Å². The second-order valence-electron chi connectivity index (χ2n) is 6.00. The highest BCUT2D eigenvalue weighted by atomic mass is 79.9. The first kappa shape index (κ1) is 16.5. The summed E-state index contributed by atoms with van der Waals surface area (Å²) in [5.41, 5.74) is 0.194. The Kier molecular flexibility index (Phi) is 6.87. The van der Waals surface area contributed by atoms with Crippen molar-refractivity contribution >= 4 is 15.9 Å². The van der Waals surface area contributed by atoms with Gasteiger partial charge in [0.1, 0.15) is 5.75 Å². The average molecular weight is 328 g/mol. The Bertz CT molecular complexity index is 356. The summed E-state index contributed by atoms with van der Waals surface area (Å²) in [6.45, 7) is 10.7. The summed E-state index contributed by atoms with van der Waals surface area (Å²) in [5.74, 6) is 1.62. The van der Waals surface area contributed by atoms with Crippen molar-refractivity contribution in [2.45, 2.75) is 46.1 Å². The van der Waals surface area contributed by atoms with Crippen LogP contribution in [-0.2, 0) is 0 Å². The maximum absolute atomic E-state index is 5.78. The van der Waals surface area contributed by atoms with Gasteiger partial charge in [0.05, 0.1) is 6.61 Å². The van der Waals surface area contributed by atoms with Gasteiger partial charge in [-0.2, -0.15) is 0 Å². The molecular weight excluding hydrogens is 302 g/mol.